The van der Waals surface area contributed by atoms with Crippen LogP contribution in [0.15, 0.2) is 36.8 Å². The van der Waals surface area contributed by atoms with E-state index in [-0.39, 0.29) is 30.9 Å². The third kappa shape index (κ3) is 4.42. The number of nitrogens with zero attached hydrogens (tertiary/aromatic N) is 3. The summed E-state index contributed by atoms with van der Waals surface area (Å²) in [5.41, 5.74) is 1.21. The normalized spacial score (nSPS) is 18.8. The molecule has 1 unspecified atom stereocenters. The number of hydrogen-bond donors (Lipinski definition) is 1. The molecule has 2 aromatic rings. The van der Waals surface area contributed by atoms with Crippen LogP contribution >= 0.6 is 11.6 Å². The zero-order valence-corrected chi connectivity index (χ0v) is 16.1. The van der Waals surface area contributed by atoms with Crippen molar-refractivity contribution in [2.24, 2.45) is 5.92 Å². The lowest BCUT2D eigenvalue weighted by Gasteiger charge is -2.29. The number of amides is 2. The maximum absolute atomic E-state index is 13.0. The van der Waals surface area contributed by atoms with E-state index in [2.05, 4.69) is 15.3 Å². The molecule has 1 aliphatic carbocycles. The fourth-order valence-electron chi connectivity index (χ4n) is 3.27. The predicted octanol–water partition coefficient (Wildman–Crippen LogP) is 2.10. The number of halogens is 1. The van der Waals surface area contributed by atoms with Gasteiger partial charge < -0.3 is 15.0 Å². The molecule has 8 heteroatoms. The van der Waals surface area contributed by atoms with Crippen LogP contribution in [0.5, 0.6) is 5.88 Å². The summed E-state index contributed by atoms with van der Waals surface area (Å²) < 4.78 is 5.75. The van der Waals surface area contributed by atoms with Gasteiger partial charge >= 0.3 is 0 Å². The van der Waals surface area contributed by atoms with Crippen molar-refractivity contribution in [3.63, 3.8) is 0 Å². The summed E-state index contributed by atoms with van der Waals surface area (Å²) in [7, 11) is 0. The molecule has 2 amide bonds. The van der Waals surface area contributed by atoms with E-state index in [1.807, 2.05) is 12.1 Å². The van der Waals surface area contributed by atoms with Gasteiger partial charge in [0.2, 0.25) is 11.8 Å². The number of carbonyl (C=O) groups excluding carboxylic acids is 2. The van der Waals surface area contributed by atoms with Gasteiger partial charge in [0.25, 0.3) is 5.91 Å². The number of aromatic nitrogens is 2. The molecule has 28 heavy (non-hydrogen) atoms. The predicted molar refractivity (Wildman–Crippen MR) is 103 cm³/mol. The van der Waals surface area contributed by atoms with Crippen LogP contribution in [0.4, 0.5) is 0 Å². The first-order valence-corrected chi connectivity index (χ1v) is 9.73. The number of carbonyl (C=O) groups is 2. The number of benzene rings is 1. The highest BCUT2D eigenvalue weighted by molar-refractivity contribution is 6.30. The molecular formula is C20H21ClN4O3. The van der Waals surface area contributed by atoms with Crippen LogP contribution in [-0.4, -0.2) is 52.4 Å². The second-order valence-electron chi connectivity index (χ2n) is 7.22. The minimum Gasteiger partial charge on any atom is -0.475 e. The summed E-state index contributed by atoms with van der Waals surface area (Å²) in [6, 6.07) is 6.96. The van der Waals surface area contributed by atoms with E-state index in [1.165, 1.54) is 12.5 Å². The van der Waals surface area contributed by atoms with Crippen LogP contribution in [0.2, 0.25) is 5.02 Å². The van der Waals surface area contributed by atoms with Crippen molar-refractivity contribution in [1.82, 2.24) is 20.2 Å². The lowest BCUT2D eigenvalue weighted by Crippen LogP contribution is -2.49. The largest absolute Gasteiger partial charge is 0.475 e. The Bertz CT molecular complexity index is 887. The van der Waals surface area contributed by atoms with Crippen molar-refractivity contribution < 1.29 is 14.3 Å². The summed E-state index contributed by atoms with van der Waals surface area (Å²) in [5.74, 6) is 0.546. The summed E-state index contributed by atoms with van der Waals surface area (Å²) in [6.07, 6.45) is 5.33. The van der Waals surface area contributed by atoms with Crippen molar-refractivity contribution in [2.75, 3.05) is 19.7 Å². The quantitative estimate of drug-likeness (QED) is 0.802. The number of fused-ring (bicyclic) bond motifs is 1. The Morgan fingerprint density at radius 3 is 3.00 bits per heavy atom. The van der Waals surface area contributed by atoms with Gasteiger partial charge in [-0.15, -0.1) is 0 Å². The fourth-order valence-corrected chi connectivity index (χ4v) is 3.48. The molecule has 146 valence electrons. The van der Waals surface area contributed by atoms with Crippen LogP contribution in [-0.2, 0) is 11.2 Å². The topological polar surface area (TPSA) is 84.4 Å². The molecule has 0 saturated heterocycles. The first-order chi connectivity index (χ1) is 13.6. The second-order valence-corrected chi connectivity index (χ2v) is 7.65. The summed E-state index contributed by atoms with van der Waals surface area (Å²) in [5, 5.41) is 3.53. The van der Waals surface area contributed by atoms with Crippen LogP contribution < -0.4 is 10.1 Å². The van der Waals surface area contributed by atoms with Gasteiger partial charge in [-0.2, -0.15) is 0 Å². The van der Waals surface area contributed by atoms with E-state index in [0.717, 1.165) is 18.4 Å². The fraction of sp³-hybridized carbons (Fsp3) is 0.400. The molecule has 7 nitrogen and oxygen atoms in total. The zero-order valence-electron chi connectivity index (χ0n) is 15.3. The maximum atomic E-state index is 13.0. The molecule has 1 saturated carbocycles. The highest BCUT2D eigenvalue weighted by Crippen LogP contribution is 2.32. The highest BCUT2D eigenvalue weighted by Gasteiger charge is 2.36. The molecule has 1 atom stereocenters. The SMILES string of the molecule is O=C(Cc1cccc(Cl)c1)NCC1COc2ncncc2C(=O)N1CC1CC1. The standard InChI is InChI=1S/C20H21ClN4O3/c21-15-3-1-2-14(6-15)7-18(26)23-8-16-11-28-19-17(9-22-12-24-19)20(27)25(16)10-13-4-5-13/h1-3,6,9,12-13,16H,4-5,7-8,10-11H2,(H,23,26). The van der Waals surface area contributed by atoms with Crippen molar-refractivity contribution >= 4 is 23.4 Å². The molecular weight excluding hydrogens is 380 g/mol. The zero-order chi connectivity index (χ0) is 19.5. The molecule has 1 aromatic heterocycles. The summed E-state index contributed by atoms with van der Waals surface area (Å²) >= 11 is 5.98. The van der Waals surface area contributed by atoms with Gasteiger partial charge in [-0.25, -0.2) is 9.97 Å². The first kappa shape index (κ1) is 18.7. The molecule has 0 spiro atoms. The smallest absolute Gasteiger partial charge is 0.261 e. The van der Waals surface area contributed by atoms with E-state index in [4.69, 9.17) is 16.3 Å². The summed E-state index contributed by atoms with van der Waals surface area (Å²) in [4.78, 5) is 35.2. The van der Waals surface area contributed by atoms with Crippen molar-refractivity contribution in [2.45, 2.75) is 25.3 Å². The average molecular weight is 401 g/mol. The molecule has 0 bridgehead atoms. The first-order valence-electron chi connectivity index (χ1n) is 9.35. The average Bonchev–Trinajstić information content (AvgIpc) is 3.51. The van der Waals surface area contributed by atoms with E-state index in [9.17, 15) is 9.59 Å². The van der Waals surface area contributed by atoms with Crippen LogP contribution in [0.1, 0.15) is 28.8 Å². The number of hydrogen-bond acceptors (Lipinski definition) is 5. The van der Waals surface area contributed by atoms with Crippen molar-refractivity contribution in [3.05, 3.63) is 52.9 Å². The van der Waals surface area contributed by atoms with E-state index < -0.39 is 0 Å². The Morgan fingerprint density at radius 2 is 2.21 bits per heavy atom. The van der Waals surface area contributed by atoms with Gasteiger partial charge in [0.1, 0.15) is 18.5 Å². The van der Waals surface area contributed by atoms with Crippen LogP contribution in [0.3, 0.4) is 0 Å². The third-order valence-electron chi connectivity index (χ3n) is 4.96. The van der Waals surface area contributed by atoms with Gasteiger partial charge in [0.15, 0.2) is 0 Å². The lowest BCUT2D eigenvalue weighted by molar-refractivity contribution is -0.120. The molecule has 1 fully saturated rings. The Kier molecular flexibility index (Phi) is 5.43. The minimum atomic E-state index is -0.259. The highest BCUT2D eigenvalue weighted by atomic mass is 35.5. The van der Waals surface area contributed by atoms with Crippen molar-refractivity contribution in [3.8, 4) is 5.88 Å². The Balaban J connectivity index is 1.43. The minimum absolute atomic E-state index is 0.123. The Morgan fingerprint density at radius 1 is 1.36 bits per heavy atom. The Labute approximate surface area is 168 Å². The lowest BCUT2D eigenvalue weighted by atomic mass is 10.1. The number of ether oxygens (including phenoxy) is 1. The van der Waals surface area contributed by atoms with Gasteiger partial charge in [0, 0.05) is 24.3 Å². The molecule has 0 radical (unpaired) electrons. The molecule has 1 aliphatic heterocycles. The van der Waals surface area contributed by atoms with E-state index in [1.54, 1.807) is 17.0 Å². The third-order valence-corrected chi connectivity index (χ3v) is 5.20. The number of rotatable bonds is 6. The van der Waals surface area contributed by atoms with Gasteiger partial charge in [-0.05, 0) is 36.5 Å². The monoisotopic (exact) mass is 400 g/mol. The molecule has 2 aliphatic rings. The van der Waals surface area contributed by atoms with E-state index >= 15 is 0 Å². The number of nitrogens with one attached hydrogen (secondary N) is 1. The van der Waals surface area contributed by atoms with Gasteiger partial charge in [-0.1, -0.05) is 23.7 Å². The van der Waals surface area contributed by atoms with Crippen LogP contribution in [0.25, 0.3) is 0 Å². The Hall–Kier alpha value is -2.67. The van der Waals surface area contributed by atoms with Gasteiger partial charge in [0.05, 0.1) is 12.5 Å². The molecule has 2 heterocycles. The second kappa shape index (κ2) is 8.14. The van der Waals surface area contributed by atoms with Crippen molar-refractivity contribution in [1.29, 1.82) is 0 Å². The molecule has 4 rings (SSSR count). The molecule has 1 N–H and O–H groups in total. The summed E-state index contributed by atoms with van der Waals surface area (Å²) in [6.45, 7) is 1.25. The van der Waals surface area contributed by atoms with Crippen LogP contribution in [0, 0.1) is 5.92 Å². The van der Waals surface area contributed by atoms with Gasteiger partial charge in [-0.3, -0.25) is 9.59 Å². The maximum Gasteiger partial charge on any atom is 0.261 e. The van der Waals surface area contributed by atoms with E-state index in [0.29, 0.717) is 35.5 Å². The molecule has 1 aromatic carbocycles.